The van der Waals surface area contributed by atoms with Gasteiger partial charge in [0.15, 0.2) is 11.6 Å². The van der Waals surface area contributed by atoms with Gasteiger partial charge in [-0.3, -0.25) is 9.59 Å². The Bertz CT molecular complexity index is 776. The summed E-state index contributed by atoms with van der Waals surface area (Å²) in [6.45, 7) is 3.95. The molecular weight excluding hydrogens is 316 g/mol. The number of nitrogens with one attached hydrogen (secondary N) is 1. The lowest BCUT2D eigenvalue weighted by molar-refractivity contribution is -0.127. The van der Waals surface area contributed by atoms with Crippen molar-refractivity contribution >= 4 is 17.5 Å². The molecule has 1 saturated heterocycles. The predicted molar refractivity (Wildman–Crippen MR) is 96.4 cm³/mol. The Balaban J connectivity index is 1.59. The van der Waals surface area contributed by atoms with E-state index in [1.807, 2.05) is 23.1 Å². The number of carbonyl (C=O) groups excluding carboxylic acids is 2. The maximum absolute atomic E-state index is 11.6. The smallest absolute Gasteiger partial charge is 0.222 e. The molecule has 0 bridgehead atoms. The molecule has 6 nitrogen and oxygen atoms in total. The molecule has 25 heavy (non-hydrogen) atoms. The second-order valence-electron chi connectivity index (χ2n) is 6.17. The van der Waals surface area contributed by atoms with Gasteiger partial charge in [0.25, 0.3) is 0 Å². The number of carbonyl (C=O) groups is 2. The average Bonchev–Trinajstić information content (AvgIpc) is 3.04. The molecule has 1 aromatic heterocycles. The summed E-state index contributed by atoms with van der Waals surface area (Å²) in [6.07, 6.45) is 4.24. The van der Waals surface area contributed by atoms with E-state index in [0.29, 0.717) is 17.8 Å². The van der Waals surface area contributed by atoms with Crippen LogP contribution in [-0.2, 0) is 4.79 Å². The Morgan fingerprint density at radius 1 is 1.32 bits per heavy atom. The molecular formula is C19H22N4O2. The highest BCUT2D eigenvalue weighted by Gasteiger charge is 2.18. The number of likely N-dealkylation sites (tertiary alicyclic amines) is 1. The normalized spacial score (nSPS) is 14.0. The Kier molecular flexibility index (Phi) is 5.38. The molecule has 2 aromatic rings. The molecule has 1 aliphatic rings. The summed E-state index contributed by atoms with van der Waals surface area (Å²) in [5.41, 5.74) is 1.47. The number of ketones is 1. The van der Waals surface area contributed by atoms with Crippen LogP contribution in [0.2, 0.25) is 0 Å². The van der Waals surface area contributed by atoms with Crippen molar-refractivity contribution in [1.82, 2.24) is 14.9 Å². The van der Waals surface area contributed by atoms with Gasteiger partial charge in [-0.2, -0.15) is 0 Å². The fraction of sp³-hybridized carbons (Fsp3) is 0.368. The molecule has 3 rings (SSSR count). The van der Waals surface area contributed by atoms with E-state index in [2.05, 4.69) is 15.3 Å². The lowest BCUT2D eigenvalue weighted by atomic mass is 10.1. The van der Waals surface area contributed by atoms with Crippen molar-refractivity contribution < 1.29 is 9.59 Å². The molecule has 0 aliphatic carbocycles. The number of hydrogen-bond donors (Lipinski definition) is 1. The zero-order chi connectivity index (χ0) is 17.6. The van der Waals surface area contributed by atoms with E-state index in [4.69, 9.17) is 0 Å². The first-order valence-corrected chi connectivity index (χ1v) is 8.59. The van der Waals surface area contributed by atoms with E-state index in [1.54, 1.807) is 25.3 Å². The van der Waals surface area contributed by atoms with Gasteiger partial charge in [-0.25, -0.2) is 9.97 Å². The Labute approximate surface area is 147 Å². The first-order chi connectivity index (χ1) is 12.1. The third kappa shape index (κ3) is 4.41. The topological polar surface area (TPSA) is 75.2 Å². The van der Waals surface area contributed by atoms with E-state index >= 15 is 0 Å². The van der Waals surface area contributed by atoms with Crippen molar-refractivity contribution in [2.24, 2.45) is 0 Å². The second-order valence-corrected chi connectivity index (χ2v) is 6.17. The van der Waals surface area contributed by atoms with Gasteiger partial charge in [0.1, 0.15) is 5.82 Å². The third-order valence-electron chi connectivity index (χ3n) is 4.27. The Hall–Kier alpha value is -2.76. The summed E-state index contributed by atoms with van der Waals surface area (Å²) in [4.78, 5) is 33.8. The van der Waals surface area contributed by atoms with E-state index in [-0.39, 0.29) is 11.7 Å². The number of benzene rings is 1. The molecule has 1 aliphatic heterocycles. The highest BCUT2D eigenvalue weighted by Crippen LogP contribution is 2.18. The fourth-order valence-electron chi connectivity index (χ4n) is 2.90. The van der Waals surface area contributed by atoms with Gasteiger partial charge in [0, 0.05) is 43.4 Å². The lowest BCUT2D eigenvalue weighted by Crippen LogP contribution is -2.27. The lowest BCUT2D eigenvalue weighted by Gasteiger charge is -2.15. The molecule has 1 N–H and O–H groups in total. The fourth-order valence-corrected chi connectivity index (χ4v) is 2.90. The molecule has 0 radical (unpaired) electrons. The average molecular weight is 338 g/mol. The molecule has 2 heterocycles. The van der Waals surface area contributed by atoms with Gasteiger partial charge in [-0.1, -0.05) is 18.2 Å². The SMILES string of the molecule is CC(=O)c1cccc(-c2nccc(NCCCN3CCCC3=O)n2)c1. The van der Waals surface area contributed by atoms with Crippen molar-refractivity contribution in [3.63, 3.8) is 0 Å². The van der Waals surface area contributed by atoms with Crippen molar-refractivity contribution in [3.8, 4) is 11.4 Å². The summed E-state index contributed by atoms with van der Waals surface area (Å²) < 4.78 is 0. The number of aromatic nitrogens is 2. The molecule has 0 saturated carbocycles. The Morgan fingerprint density at radius 3 is 2.96 bits per heavy atom. The standard InChI is InChI=1S/C19H22N4O2/c1-14(24)15-5-2-6-16(13-15)19-21-10-8-17(22-19)20-9-4-12-23-11-3-7-18(23)25/h2,5-6,8,10,13H,3-4,7,9,11-12H2,1H3,(H,20,21,22). The van der Waals surface area contributed by atoms with Crippen LogP contribution < -0.4 is 5.32 Å². The number of anilines is 1. The van der Waals surface area contributed by atoms with Gasteiger partial charge in [0.2, 0.25) is 5.91 Å². The highest BCUT2D eigenvalue weighted by atomic mass is 16.2. The van der Waals surface area contributed by atoms with E-state index in [9.17, 15) is 9.59 Å². The van der Waals surface area contributed by atoms with Gasteiger partial charge in [-0.15, -0.1) is 0 Å². The van der Waals surface area contributed by atoms with Crippen LogP contribution in [0.25, 0.3) is 11.4 Å². The van der Waals surface area contributed by atoms with Crippen LogP contribution in [0.5, 0.6) is 0 Å². The minimum Gasteiger partial charge on any atom is -0.370 e. The third-order valence-corrected chi connectivity index (χ3v) is 4.27. The van der Waals surface area contributed by atoms with Crippen molar-refractivity contribution in [2.75, 3.05) is 25.0 Å². The van der Waals surface area contributed by atoms with Gasteiger partial charge in [0.05, 0.1) is 0 Å². The van der Waals surface area contributed by atoms with Crippen molar-refractivity contribution in [2.45, 2.75) is 26.2 Å². The molecule has 1 fully saturated rings. The van der Waals surface area contributed by atoms with Gasteiger partial charge < -0.3 is 10.2 Å². The van der Waals surface area contributed by atoms with E-state index < -0.39 is 0 Å². The predicted octanol–water partition coefficient (Wildman–Crippen LogP) is 2.77. The quantitative estimate of drug-likeness (QED) is 0.620. The molecule has 1 aromatic carbocycles. The first kappa shape index (κ1) is 17.1. The summed E-state index contributed by atoms with van der Waals surface area (Å²) in [5, 5.41) is 3.27. The van der Waals surface area contributed by atoms with Crippen LogP contribution in [0.4, 0.5) is 5.82 Å². The van der Waals surface area contributed by atoms with Crippen molar-refractivity contribution in [3.05, 3.63) is 42.1 Å². The number of rotatable bonds is 7. The van der Waals surface area contributed by atoms with Crippen LogP contribution in [-0.4, -0.2) is 46.2 Å². The maximum atomic E-state index is 11.6. The molecule has 0 spiro atoms. The molecule has 0 atom stereocenters. The summed E-state index contributed by atoms with van der Waals surface area (Å²) >= 11 is 0. The summed E-state index contributed by atoms with van der Waals surface area (Å²) in [5.74, 6) is 1.61. The minimum absolute atomic E-state index is 0.0209. The second kappa shape index (κ2) is 7.88. The highest BCUT2D eigenvalue weighted by molar-refractivity contribution is 5.95. The number of nitrogens with zero attached hydrogens (tertiary/aromatic N) is 3. The molecule has 6 heteroatoms. The van der Waals surface area contributed by atoms with Crippen LogP contribution in [0, 0.1) is 0 Å². The largest absolute Gasteiger partial charge is 0.370 e. The van der Waals surface area contributed by atoms with E-state index in [1.165, 1.54) is 0 Å². The monoisotopic (exact) mass is 338 g/mol. The zero-order valence-corrected chi connectivity index (χ0v) is 14.4. The van der Waals surface area contributed by atoms with Gasteiger partial charge in [-0.05, 0) is 31.9 Å². The summed E-state index contributed by atoms with van der Waals surface area (Å²) in [6, 6.07) is 9.14. The zero-order valence-electron chi connectivity index (χ0n) is 14.4. The molecule has 0 unspecified atom stereocenters. The summed E-state index contributed by atoms with van der Waals surface area (Å²) in [7, 11) is 0. The minimum atomic E-state index is 0.0209. The first-order valence-electron chi connectivity index (χ1n) is 8.59. The molecule has 1 amide bonds. The van der Waals surface area contributed by atoms with Crippen LogP contribution in [0.15, 0.2) is 36.5 Å². The number of hydrogen-bond acceptors (Lipinski definition) is 5. The molecule has 130 valence electrons. The van der Waals surface area contributed by atoms with Crippen LogP contribution >= 0.6 is 0 Å². The maximum Gasteiger partial charge on any atom is 0.222 e. The Morgan fingerprint density at radius 2 is 2.20 bits per heavy atom. The van der Waals surface area contributed by atoms with Crippen LogP contribution in [0.1, 0.15) is 36.5 Å². The van der Waals surface area contributed by atoms with Crippen LogP contribution in [0.3, 0.4) is 0 Å². The van der Waals surface area contributed by atoms with E-state index in [0.717, 1.165) is 43.9 Å². The number of Topliss-reactive ketones (excluding diaryl/α,β-unsaturated/α-hetero) is 1. The number of amides is 1. The van der Waals surface area contributed by atoms with Gasteiger partial charge >= 0.3 is 0 Å². The van der Waals surface area contributed by atoms with Crippen molar-refractivity contribution in [1.29, 1.82) is 0 Å².